The van der Waals surface area contributed by atoms with Gasteiger partial charge in [-0.3, -0.25) is 14.5 Å². The van der Waals surface area contributed by atoms with E-state index in [1.165, 1.54) is 0 Å². The lowest BCUT2D eigenvalue weighted by atomic mass is 10.2. The number of carbonyl (C=O) groups excluding carboxylic acids is 1. The van der Waals surface area contributed by atoms with Crippen LogP contribution in [0.15, 0.2) is 17.5 Å². The van der Waals surface area contributed by atoms with Crippen molar-refractivity contribution < 1.29 is 14.7 Å². The number of carboxylic acids is 1. The maximum atomic E-state index is 11.8. The fourth-order valence-electron chi connectivity index (χ4n) is 2.97. The number of carboxylic acid groups (broad SMARTS) is 1. The summed E-state index contributed by atoms with van der Waals surface area (Å²) in [6, 6.07) is 3.96. The van der Waals surface area contributed by atoms with E-state index in [0.29, 0.717) is 13.1 Å². The van der Waals surface area contributed by atoms with Gasteiger partial charge in [-0.2, -0.15) is 0 Å². The Bertz CT molecular complexity index is 476. The number of amides is 1. The highest BCUT2D eigenvalue weighted by Gasteiger charge is 2.59. The molecule has 0 spiro atoms. The number of hydrogen-bond donors (Lipinski definition) is 2. The van der Waals surface area contributed by atoms with Crippen molar-refractivity contribution in [3.63, 3.8) is 0 Å². The van der Waals surface area contributed by atoms with E-state index in [4.69, 9.17) is 5.11 Å². The molecule has 102 valence electrons. The predicted octanol–water partition coefficient (Wildman–Crippen LogP) is 0.627. The molecule has 2 fully saturated rings. The second-order valence-corrected chi connectivity index (χ2v) is 6.27. The van der Waals surface area contributed by atoms with E-state index in [2.05, 4.69) is 10.2 Å². The highest BCUT2D eigenvalue weighted by atomic mass is 32.1. The first kappa shape index (κ1) is 12.6. The van der Waals surface area contributed by atoms with Crippen molar-refractivity contribution in [2.75, 3.05) is 19.6 Å². The van der Waals surface area contributed by atoms with E-state index >= 15 is 0 Å². The normalized spacial score (nSPS) is 28.9. The third-order valence-corrected chi connectivity index (χ3v) is 4.84. The molecule has 0 bridgehead atoms. The number of piperidine rings is 1. The summed E-state index contributed by atoms with van der Waals surface area (Å²) in [5.74, 6) is -0.297. The Labute approximate surface area is 115 Å². The molecule has 0 radical (unpaired) electrons. The molecule has 3 atom stereocenters. The Morgan fingerprint density at radius 1 is 1.42 bits per heavy atom. The summed E-state index contributed by atoms with van der Waals surface area (Å²) in [5.41, 5.74) is 0. The number of nitrogens with one attached hydrogen (secondary N) is 1. The lowest BCUT2D eigenvalue weighted by molar-refractivity contribution is -0.139. The summed E-state index contributed by atoms with van der Waals surface area (Å²) in [7, 11) is 0. The zero-order valence-corrected chi connectivity index (χ0v) is 11.2. The van der Waals surface area contributed by atoms with Crippen LogP contribution >= 0.6 is 11.3 Å². The van der Waals surface area contributed by atoms with Gasteiger partial charge in [0.25, 0.3) is 0 Å². The average molecular weight is 280 g/mol. The smallest absolute Gasteiger partial charge is 0.307 e. The van der Waals surface area contributed by atoms with Crippen LogP contribution in [0.1, 0.15) is 4.88 Å². The van der Waals surface area contributed by atoms with Gasteiger partial charge in [0.05, 0.1) is 19.0 Å². The highest BCUT2D eigenvalue weighted by molar-refractivity contribution is 7.09. The minimum atomic E-state index is -0.684. The van der Waals surface area contributed by atoms with E-state index in [1.54, 1.807) is 11.3 Å². The van der Waals surface area contributed by atoms with Gasteiger partial charge in [-0.1, -0.05) is 6.07 Å². The van der Waals surface area contributed by atoms with Crippen LogP contribution in [-0.2, 0) is 16.1 Å². The summed E-state index contributed by atoms with van der Waals surface area (Å²) >= 11 is 1.62. The van der Waals surface area contributed by atoms with Crippen LogP contribution in [0.5, 0.6) is 0 Å². The van der Waals surface area contributed by atoms with Gasteiger partial charge in [0.15, 0.2) is 0 Å². The Morgan fingerprint density at radius 2 is 2.16 bits per heavy atom. The van der Waals surface area contributed by atoms with Gasteiger partial charge < -0.3 is 10.4 Å². The summed E-state index contributed by atoms with van der Waals surface area (Å²) in [6.45, 7) is 2.45. The number of fused-ring (bicyclic) bond motifs is 1. The molecule has 2 heterocycles. The third-order valence-electron chi connectivity index (χ3n) is 3.96. The fourth-order valence-corrected chi connectivity index (χ4v) is 3.61. The molecule has 6 heteroatoms. The Morgan fingerprint density at radius 3 is 2.74 bits per heavy atom. The Kier molecular flexibility index (Phi) is 3.28. The molecule has 19 heavy (non-hydrogen) atoms. The molecule has 1 amide bonds. The first-order valence-electron chi connectivity index (χ1n) is 6.39. The van der Waals surface area contributed by atoms with E-state index in [0.717, 1.165) is 18.0 Å². The topological polar surface area (TPSA) is 69.6 Å². The maximum Gasteiger partial charge on any atom is 0.307 e. The monoisotopic (exact) mass is 280 g/mol. The number of nitrogens with zero attached hydrogens (tertiary/aromatic N) is 1. The van der Waals surface area contributed by atoms with Gasteiger partial charge in [-0.15, -0.1) is 11.3 Å². The van der Waals surface area contributed by atoms with Crippen LogP contribution in [0.3, 0.4) is 0 Å². The van der Waals surface area contributed by atoms with Crippen LogP contribution in [0, 0.1) is 17.8 Å². The first-order chi connectivity index (χ1) is 9.15. The molecule has 1 aliphatic heterocycles. The average Bonchev–Trinajstić information content (AvgIpc) is 2.78. The molecule has 5 nitrogen and oxygen atoms in total. The molecule has 0 aromatic carbocycles. The van der Waals surface area contributed by atoms with Gasteiger partial charge in [-0.25, -0.2) is 0 Å². The molecule has 2 N–H and O–H groups in total. The summed E-state index contributed by atoms with van der Waals surface area (Å²) < 4.78 is 0. The molecule has 1 aliphatic carbocycles. The number of thiophene rings is 1. The van der Waals surface area contributed by atoms with E-state index in [9.17, 15) is 9.59 Å². The predicted molar refractivity (Wildman–Crippen MR) is 70.7 cm³/mol. The van der Waals surface area contributed by atoms with Crippen molar-refractivity contribution in [3.8, 4) is 0 Å². The number of aliphatic carboxylic acids is 1. The second kappa shape index (κ2) is 4.94. The van der Waals surface area contributed by atoms with Crippen molar-refractivity contribution in [2.24, 2.45) is 17.8 Å². The van der Waals surface area contributed by atoms with Crippen molar-refractivity contribution in [2.45, 2.75) is 6.54 Å². The third kappa shape index (κ3) is 2.64. The van der Waals surface area contributed by atoms with E-state index in [1.807, 2.05) is 17.5 Å². The highest BCUT2D eigenvalue weighted by Crippen LogP contribution is 2.51. The number of hydrogen-bond acceptors (Lipinski definition) is 4. The van der Waals surface area contributed by atoms with E-state index in [-0.39, 0.29) is 23.7 Å². The van der Waals surface area contributed by atoms with E-state index < -0.39 is 5.97 Å². The van der Waals surface area contributed by atoms with Crippen LogP contribution in [0.4, 0.5) is 0 Å². The minimum Gasteiger partial charge on any atom is -0.481 e. The van der Waals surface area contributed by atoms with Crippen molar-refractivity contribution in [1.82, 2.24) is 10.2 Å². The van der Waals surface area contributed by atoms with Crippen molar-refractivity contribution in [1.29, 1.82) is 0 Å². The largest absolute Gasteiger partial charge is 0.481 e. The number of carbonyl (C=O) groups is 2. The molecule has 1 saturated carbocycles. The number of rotatable bonds is 5. The Hall–Kier alpha value is -1.40. The summed E-state index contributed by atoms with van der Waals surface area (Å²) in [6.07, 6.45) is 0. The molecular formula is C13H16N2O3S. The van der Waals surface area contributed by atoms with Crippen LogP contribution in [-0.4, -0.2) is 41.5 Å². The molecule has 3 rings (SSSR count). The molecule has 1 aromatic rings. The number of likely N-dealkylation sites (tertiary alicyclic amines) is 1. The standard InChI is InChI=1S/C13H16N2O3S/c16-11(14-4-8-2-1-3-19-8)7-15-5-9-10(6-15)12(9)13(17)18/h1-3,9-10,12H,4-7H2,(H,14,16)(H,17,18)/t9-,10+,12?. The second-order valence-electron chi connectivity index (χ2n) is 5.24. The zero-order chi connectivity index (χ0) is 13.4. The molecule has 1 unspecified atom stereocenters. The summed E-state index contributed by atoms with van der Waals surface area (Å²) in [4.78, 5) is 25.8. The van der Waals surface area contributed by atoms with Crippen molar-refractivity contribution in [3.05, 3.63) is 22.4 Å². The van der Waals surface area contributed by atoms with Gasteiger partial charge in [0.2, 0.25) is 5.91 Å². The van der Waals surface area contributed by atoms with Crippen LogP contribution < -0.4 is 5.32 Å². The van der Waals surface area contributed by atoms with Gasteiger partial charge >= 0.3 is 5.97 Å². The minimum absolute atomic E-state index is 0.0153. The molecular weight excluding hydrogens is 264 g/mol. The molecule has 2 aliphatic rings. The Balaban J connectivity index is 1.39. The van der Waals surface area contributed by atoms with Gasteiger partial charge in [-0.05, 0) is 23.3 Å². The first-order valence-corrected chi connectivity index (χ1v) is 7.27. The maximum absolute atomic E-state index is 11.8. The quantitative estimate of drug-likeness (QED) is 0.830. The molecule has 1 saturated heterocycles. The van der Waals surface area contributed by atoms with Crippen LogP contribution in [0.25, 0.3) is 0 Å². The van der Waals surface area contributed by atoms with Crippen LogP contribution in [0.2, 0.25) is 0 Å². The van der Waals surface area contributed by atoms with Gasteiger partial charge in [0.1, 0.15) is 0 Å². The van der Waals surface area contributed by atoms with Gasteiger partial charge in [0, 0.05) is 18.0 Å². The lowest BCUT2D eigenvalue weighted by Gasteiger charge is -2.17. The fraction of sp³-hybridized carbons (Fsp3) is 0.538. The zero-order valence-electron chi connectivity index (χ0n) is 10.4. The lowest BCUT2D eigenvalue weighted by Crippen LogP contribution is -2.37. The molecule has 1 aromatic heterocycles. The van der Waals surface area contributed by atoms with Crippen molar-refractivity contribution >= 4 is 23.2 Å². The SMILES string of the molecule is O=C(CN1C[C@@H]2C(C(=O)O)[C@@H]2C1)NCc1cccs1. The summed E-state index contributed by atoms with van der Waals surface area (Å²) in [5, 5.41) is 13.8.